The van der Waals surface area contributed by atoms with Crippen LogP contribution in [0.5, 0.6) is 0 Å². The van der Waals surface area contributed by atoms with Crippen LogP contribution in [-0.2, 0) is 9.53 Å². The lowest BCUT2D eigenvalue weighted by molar-refractivity contribution is -0.383. The second-order valence-electron chi connectivity index (χ2n) is 9.57. The molecule has 0 aromatic heterocycles. The molecule has 10 heteroatoms. The van der Waals surface area contributed by atoms with Crippen molar-refractivity contribution < 1.29 is 14.5 Å². The molecule has 3 aliphatic rings. The third-order valence-corrected chi connectivity index (χ3v) is 9.16. The summed E-state index contributed by atoms with van der Waals surface area (Å²) < 4.78 is 6.97. The molecule has 2 saturated carbocycles. The molecule has 0 spiro atoms. The van der Waals surface area contributed by atoms with Crippen molar-refractivity contribution in [1.82, 2.24) is 4.90 Å². The summed E-state index contributed by atoms with van der Waals surface area (Å²) in [6, 6.07) is 6.44. The van der Waals surface area contributed by atoms with Crippen molar-refractivity contribution in [3.8, 4) is 0 Å². The van der Waals surface area contributed by atoms with E-state index < -0.39 is 4.92 Å². The van der Waals surface area contributed by atoms with E-state index in [9.17, 15) is 14.9 Å². The number of hydrogen-bond donors (Lipinski definition) is 0. The van der Waals surface area contributed by atoms with E-state index in [-0.39, 0.29) is 35.1 Å². The average molecular weight is 566 g/mol. The molecule has 0 bridgehead atoms. The summed E-state index contributed by atoms with van der Waals surface area (Å²) in [6.07, 6.45) is 9.73. The van der Waals surface area contributed by atoms with Crippen LogP contribution in [0.3, 0.4) is 0 Å². The summed E-state index contributed by atoms with van der Waals surface area (Å²) >= 11 is 19.7. The topological polar surface area (TPSA) is 72.7 Å². The Labute approximate surface area is 229 Å². The van der Waals surface area contributed by atoms with E-state index in [0.717, 1.165) is 64.2 Å². The molecule has 0 atom stereocenters. The Hall–Kier alpha value is -1.87. The van der Waals surface area contributed by atoms with E-state index in [0.29, 0.717) is 30.0 Å². The first-order valence-electron chi connectivity index (χ1n) is 12.4. The standard InChI is InChI=1S/C26H26Cl2N2O4S2/c27-15-11-12-18-19(13-15)22(30(32)33)20(14-21(18)28)23(34-17-9-5-2-6-10-17)24-25(31)29(26(35)36-24)16-7-3-1-4-8-16/h11-14,16-17H,1-10H2. The highest BCUT2D eigenvalue weighted by molar-refractivity contribution is 8.26. The molecule has 0 N–H and O–H groups in total. The quantitative estimate of drug-likeness (QED) is 0.119. The second kappa shape index (κ2) is 10.9. The SMILES string of the molecule is O=C1C(=C(OC2CCCCC2)c2cc(Cl)c3ccc(Cl)cc3c2[N+](=O)[O-])SC(=S)N1C1CCCCC1. The number of thiocarbonyl (C=S) groups is 1. The van der Waals surface area contributed by atoms with E-state index in [1.165, 1.54) is 17.8 Å². The number of carbonyl (C=O) groups excluding carboxylic acids is 1. The lowest BCUT2D eigenvalue weighted by Crippen LogP contribution is -2.39. The Morgan fingerprint density at radius 3 is 2.36 bits per heavy atom. The number of nitrogens with zero attached hydrogens (tertiary/aromatic N) is 2. The van der Waals surface area contributed by atoms with E-state index in [1.54, 1.807) is 23.1 Å². The van der Waals surface area contributed by atoms with Gasteiger partial charge in [-0.25, -0.2) is 0 Å². The van der Waals surface area contributed by atoms with Crippen molar-refractivity contribution in [2.45, 2.75) is 76.4 Å². The first-order chi connectivity index (χ1) is 17.3. The molecule has 1 saturated heterocycles. The van der Waals surface area contributed by atoms with Crippen molar-refractivity contribution in [2.24, 2.45) is 0 Å². The van der Waals surface area contributed by atoms with Gasteiger partial charge in [0.05, 0.1) is 22.0 Å². The molecule has 3 fully saturated rings. The van der Waals surface area contributed by atoms with Gasteiger partial charge in [-0.15, -0.1) is 0 Å². The molecule has 2 aliphatic carbocycles. The third kappa shape index (κ3) is 4.97. The Balaban J connectivity index is 1.69. The summed E-state index contributed by atoms with van der Waals surface area (Å²) in [4.78, 5) is 27.8. The molecular weight excluding hydrogens is 539 g/mol. The van der Waals surface area contributed by atoms with Gasteiger partial charge >= 0.3 is 0 Å². The van der Waals surface area contributed by atoms with Crippen molar-refractivity contribution >= 4 is 79.6 Å². The molecule has 5 rings (SSSR count). The van der Waals surface area contributed by atoms with Crippen molar-refractivity contribution in [2.75, 3.05) is 0 Å². The number of benzene rings is 2. The van der Waals surface area contributed by atoms with E-state index in [4.69, 9.17) is 40.2 Å². The number of amides is 1. The van der Waals surface area contributed by atoms with Crippen LogP contribution in [0.4, 0.5) is 5.69 Å². The molecule has 190 valence electrons. The fraction of sp³-hybridized carbons (Fsp3) is 0.462. The Morgan fingerprint density at radius 2 is 1.69 bits per heavy atom. The number of carbonyl (C=O) groups is 1. The zero-order valence-electron chi connectivity index (χ0n) is 19.6. The Morgan fingerprint density at radius 1 is 1.03 bits per heavy atom. The summed E-state index contributed by atoms with van der Waals surface area (Å²) in [5.41, 5.74) is 0.0140. The minimum atomic E-state index is -0.448. The Kier molecular flexibility index (Phi) is 7.77. The number of nitro benzene ring substituents is 1. The largest absolute Gasteiger partial charge is 0.488 e. The fourth-order valence-corrected chi connectivity index (χ4v) is 7.34. The predicted molar refractivity (Wildman–Crippen MR) is 149 cm³/mol. The normalized spacial score (nSPS) is 21.3. The molecule has 0 unspecified atom stereocenters. The van der Waals surface area contributed by atoms with Gasteiger partial charge in [-0.2, -0.15) is 0 Å². The zero-order chi connectivity index (χ0) is 25.4. The number of thioether (sulfide) groups is 1. The first-order valence-corrected chi connectivity index (χ1v) is 14.4. The van der Waals surface area contributed by atoms with Gasteiger partial charge in [0.2, 0.25) is 0 Å². The highest BCUT2D eigenvalue weighted by Gasteiger charge is 2.42. The summed E-state index contributed by atoms with van der Waals surface area (Å²) in [5.74, 6) is -0.0349. The van der Waals surface area contributed by atoms with Crippen LogP contribution in [0.2, 0.25) is 10.0 Å². The molecule has 2 aromatic rings. The van der Waals surface area contributed by atoms with Crippen molar-refractivity contribution in [1.29, 1.82) is 0 Å². The van der Waals surface area contributed by atoms with Crippen molar-refractivity contribution in [3.05, 3.63) is 54.9 Å². The highest BCUT2D eigenvalue weighted by Crippen LogP contribution is 2.46. The van der Waals surface area contributed by atoms with Crippen LogP contribution < -0.4 is 0 Å². The minimum absolute atomic E-state index is 0.0497. The van der Waals surface area contributed by atoms with Gasteiger partial charge < -0.3 is 4.74 Å². The van der Waals surface area contributed by atoms with E-state index in [2.05, 4.69) is 0 Å². The molecule has 2 aromatic carbocycles. The van der Waals surface area contributed by atoms with Gasteiger partial charge in [-0.3, -0.25) is 19.8 Å². The minimum Gasteiger partial charge on any atom is -0.488 e. The maximum Gasteiger partial charge on any atom is 0.288 e. The molecule has 1 aliphatic heterocycles. The number of rotatable bonds is 5. The summed E-state index contributed by atoms with van der Waals surface area (Å²) in [7, 11) is 0. The fourth-order valence-electron chi connectivity index (χ4n) is 5.47. The number of fused-ring (bicyclic) bond motifs is 1. The van der Waals surface area contributed by atoms with E-state index in [1.807, 2.05) is 0 Å². The van der Waals surface area contributed by atoms with Crippen LogP contribution in [0.15, 0.2) is 29.2 Å². The van der Waals surface area contributed by atoms with Crippen LogP contribution in [0.1, 0.15) is 69.8 Å². The van der Waals surface area contributed by atoms with Gasteiger partial charge in [-0.05, 0) is 56.7 Å². The molecule has 1 amide bonds. The van der Waals surface area contributed by atoms with Gasteiger partial charge in [0, 0.05) is 21.5 Å². The van der Waals surface area contributed by atoms with Crippen LogP contribution >= 0.6 is 47.2 Å². The molecular formula is C26H26Cl2N2O4S2. The number of halogens is 2. The van der Waals surface area contributed by atoms with Crippen LogP contribution in [-0.4, -0.2) is 32.2 Å². The van der Waals surface area contributed by atoms with Crippen molar-refractivity contribution in [3.63, 3.8) is 0 Å². The van der Waals surface area contributed by atoms with Gasteiger partial charge in [0.1, 0.15) is 9.23 Å². The predicted octanol–water partition coefficient (Wildman–Crippen LogP) is 8.27. The second-order valence-corrected chi connectivity index (χ2v) is 12.1. The van der Waals surface area contributed by atoms with Gasteiger partial charge in [0.25, 0.3) is 11.6 Å². The molecule has 0 radical (unpaired) electrons. The number of nitro groups is 1. The lowest BCUT2D eigenvalue weighted by Gasteiger charge is -2.30. The van der Waals surface area contributed by atoms with Crippen LogP contribution in [0.25, 0.3) is 16.5 Å². The maximum atomic E-state index is 13.8. The third-order valence-electron chi connectivity index (χ3n) is 7.23. The number of hydrogen-bond acceptors (Lipinski definition) is 6. The Bertz CT molecular complexity index is 1270. The summed E-state index contributed by atoms with van der Waals surface area (Å²) in [5, 5.41) is 14.0. The van der Waals surface area contributed by atoms with Gasteiger partial charge in [0.15, 0.2) is 5.76 Å². The first kappa shape index (κ1) is 25.8. The van der Waals surface area contributed by atoms with Crippen LogP contribution in [0, 0.1) is 10.1 Å². The monoisotopic (exact) mass is 564 g/mol. The zero-order valence-corrected chi connectivity index (χ0v) is 22.8. The number of ether oxygens (including phenoxy) is 1. The average Bonchev–Trinajstić information content (AvgIpc) is 3.16. The molecule has 1 heterocycles. The lowest BCUT2D eigenvalue weighted by atomic mass is 9.94. The molecule has 6 nitrogen and oxygen atoms in total. The van der Waals surface area contributed by atoms with Gasteiger partial charge in [-0.1, -0.05) is 78.9 Å². The smallest absolute Gasteiger partial charge is 0.288 e. The maximum absolute atomic E-state index is 13.8. The highest BCUT2D eigenvalue weighted by atomic mass is 35.5. The summed E-state index contributed by atoms with van der Waals surface area (Å²) in [6.45, 7) is 0. The molecule has 36 heavy (non-hydrogen) atoms. The van der Waals surface area contributed by atoms with E-state index >= 15 is 0 Å².